The van der Waals surface area contributed by atoms with Crippen molar-refractivity contribution in [2.24, 2.45) is 0 Å². The summed E-state index contributed by atoms with van der Waals surface area (Å²) in [5.74, 6) is 1.51. The number of amides is 1. The van der Waals surface area contributed by atoms with Gasteiger partial charge in [-0.15, -0.1) is 0 Å². The van der Waals surface area contributed by atoms with Crippen LogP contribution >= 0.6 is 0 Å². The molecule has 2 saturated carbocycles. The number of H-pyrrole nitrogens is 1. The Bertz CT molecular complexity index is 1250. The van der Waals surface area contributed by atoms with Crippen LogP contribution < -0.4 is 10.6 Å². The van der Waals surface area contributed by atoms with Crippen LogP contribution in [-0.4, -0.2) is 62.4 Å². The summed E-state index contributed by atoms with van der Waals surface area (Å²) in [5.41, 5.74) is 2.75. The number of ether oxygens (including phenoxy) is 3. The molecule has 3 aromatic heterocycles. The number of rotatable bonds is 8. The molecule has 12 heteroatoms. The van der Waals surface area contributed by atoms with Gasteiger partial charge in [-0.3, -0.25) is 5.10 Å². The van der Waals surface area contributed by atoms with Crippen LogP contribution in [0.4, 0.5) is 20.8 Å². The fourth-order valence-corrected chi connectivity index (χ4v) is 4.28. The number of nitrogens with one attached hydrogen (secondary N) is 3. The number of carbonyl (C=O) groups is 1. The van der Waals surface area contributed by atoms with E-state index in [1.54, 1.807) is 17.7 Å². The van der Waals surface area contributed by atoms with Gasteiger partial charge in [-0.2, -0.15) is 10.2 Å². The highest BCUT2D eigenvalue weighted by Gasteiger charge is 2.44. The van der Waals surface area contributed by atoms with Gasteiger partial charge in [-0.25, -0.2) is 18.7 Å². The smallest absolute Gasteiger partial charge is 0.408 e. The van der Waals surface area contributed by atoms with E-state index in [1.165, 1.54) is 0 Å². The molecule has 3 fully saturated rings. The summed E-state index contributed by atoms with van der Waals surface area (Å²) < 4.78 is 33.0. The number of methoxy groups -OCH3 is 1. The van der Waals surface area contributed by atoms with Crippen LogP contribution in [0.25, 0.3) is 5.52 Å². The maximum atomic E-state index is 15.1. The van der Waals surface area contributed by atoms with Gasteiger partial charge in [0.2, 0.25) is 0 Å². The molecule has 1 aliphatic heterocycles. The summed E-state index contributed by atoms with van der Waals surface area (Å²) in [7, 11) is 1.63. The van der Waals surface area contributed by atoms with Crippen molar-refractivity contribution in [1.29, 1.82) is 0 Å². The number of hydrogen-bond donors (Lipinski definition) is 3. The van der Waals surface area contributed by atoms with Crippen molar-refractivity contribution < 1.29 is 23.4 Å². The SMILES string of the molecule is COCc1cc2c(Nc3cc([C@H]4OC[C@@H](OC(=O)NC5(C)CC5)[C@@H]4F)[nH]n3)nc(C3CC3)cn2n1. The summed E-state index contributed by atoms with van der Waals surface area (Å²) >= 11 is 0. The van der Waals surface area contributed by atoms with Gasteiger partial charge in [0.05, 0.1) is 36.5 Å². The molecular weight excluding hydrogens is 457 g/mol. The van der Waals surface area contributed by atoms with Crippen molar-refractivity contribution in [1.82, 2.24) is 30.1 Å². The van der Waals surface area contributed by atoms with Gasteiger partial charge in [-0.1, -0.05) is 0 Å². The zero-order valence-electron chi connectivity index (χ0n) is 19.6. The average Bonchev–Trinajstić information content (AvgIpc) is 3.66. The molecule has 0 bridgehead atoms. The van der Waals surface area contributed by atoms with Crippen molar-refractivity contribution in [3.05, 3.63) is 35.4 Å². The third-order valence-corrected chi connectivity index (χ3v) is 6.71. The summed E-state index contributed by atoms with van der Waals surface area (Å²) in [6, 6.07) is 3.59. The molecule has 1 saturated heterocycles. The van der Waals surface area contributed by atoms with Crippen LogP contribution in [0, 0.1) is 0 Å². The van der Waals surface area contributed by atoms with E-state index >= 15 is 4.39 Å². The zero-order valence-corrected chi connectivity index (χ0v) is 19.6. The van der Waals surface area contributed by atoms with E-state index < -0.39 is 24.5 Å². The minimum absolute atomic E-state index is 0.0263. The maximum Gasteiger partial charge on any atom is 0.408 e. The van der Waals surface area contributed by atoms with Gasteiger partial charge in [0.15, 0.2) is 23.9 Å². The van der Waals surface area contributed by atoms with E-state index in [2.05, 4.69) is 25.9 Å². The Labute approximate surface area is 200 Å². The van der Waals surface area contributed by atoms with Gasteiger partial charge >= 0.3 is 6.09 Å². The molecule has 1 amide bonds. The van der Waals surface area contributed by atoms with E-state index in [-0.39, 0.29) is 12.1 Å². The van der Waals surface area contributed by atoms with E-state index in [4.69, 9.17) is 19.2 Å². The van der Waals surface area contributed by atoms with Crippen LogP contribution in [0.3, 0.4) is 0 Å². The number of anilines is 2. The number of aromatic nitrogens is 5. The molecule has 3 aliphatic rings. The molecule has 3 aromatic rings. The Kier molecular flexibility index (Phi) is 5.37. The van der Waals surface area contributed by atoms with Gasteiger partial charge in [-0.05, 0) is 38.7 Å². The minimum atomic E-state index is -1.52. The van der Waals surface area contributed by atoms with Crippen molar-refractivity contribution in [3.8, 4) is 0 Å². The predicted molar refractivity (Wildman–Crippen MR) is 122 cm³/mol. The summed E-state index contributed by atoms with van der Waals surface area (Å²) in [4.78, 5) is 16.9. The molecular formula is C23H28FN7O4. The van der Waals surface area contributed by atoms with E-state index in [0.29, 0.717) is 29.9 Å². The fraction of sp³-hybridized carbons (Fsp3) is 0.565. The molecule has 186 valence electrons. The number of carbonyl (C=O) groups excluding carboxylic acids is 1. The number of fused-ring (bicyclic) bond motifs is 1. The number of halogens is 1. The first kappa shape index (κ1) is 22.2. The predicted octanol–water partition coefficient (Wildman–Crippen LogP) is 3.28. The van der Waals surface area contributed by atoms with Crippen molar-refractivity contribution in [2.45, 2.75) is 69.1 Å². The van der Waals surface area contributed by atoms with Crippen LogP contribution in [-0.2, 0) is 20.8 Å². The van der Waals surface area contributed by atoms with Crippen molar-refractivity contribution in [2.75, 3.05) is 19.0 Å². The quantitative estimate of drug-likeness (QED) is 0.444. The average molecular weight is 486 g/mol. The highest BCUT2D eigenvalue weighted by Crippen LogP contribution is 2.40. The van der Waals surface area contributed by atoms with Gasteiger partial charge in [0, 0.05) is 24.6 Å². The number of nitrogens with zero attached hydrogens (tertiary/aromatic N) is 4. The first-order valence-electron chi connectivity index (χ1n) is 11.9. The van der Waals surface area contributed by atoms with Gasteiger partial charge in [0.1, 0.15) is 11.6 Å². The Balaban J connectivity index is 1.17. The Morgan fingerprint density at radius 2 is 2.20 bits per heavy atom. The lowest BCUT2D eigenvalue weighted by atomic mass is 10.1. The fourth-order valence-electron chi connectivity index (χ4n) is 4.28. The second-order valence-corrected chi connectivity index (χ2v) is 9.85. The lowest BCUT2D eigenvalue weighted by molar-refractivity contribution is 0.0604. The molecule has 11 nitrogen and oxygen atoms in total. The van der Waals surface area contributed by atoms with Crippen molar-refractivity contribution in [3.63, 3.8) is 0 Å². The highest BCUT2D eigenvalue weighted by molar-refractivity contribution is 5.73. The molecule has 6 rings (SSSR count). The molecule has 3 atom stereocenters. The highest BCUT2D eigenvalue weighted by atomic mass is 19.1. The van der Waals surface area contributed by atoms with Gasteiger partial charge < -0.3 is 24.8 Å². The molecule has 0 unspecified atom stereocenters. The third kappa shape index (κ3) is 4.55. The summed E-state index contributed by atoms with van der Waals surface area (Å²) in [5, 5.41) is 17.7. The molecule has 35 heavy (non-hydrogen) atoms. The molecule has 2 aliphatic carbocycles. The minimum Gasteiger partial charge on any atom is -0.441 e. The van der Waals surface area contributed by atoms with Crippen LogP contribution in [0.1, 0.15) is 61.7 Å². The van der Waals surface area contributed by atoms with Crippen LogP contribution in [0.15, 0.2) is 18.3 Å². The number of alkyl carbamates (subject to hydrolysis) is 1. The second kappa shape index (κ2) is 8.45. The number of alkyl halides is 1. The summed E-state index contributed by atoms with van der Waals surface area (Å²) in [6.07, 6.45) is 1.92. The monoisotopic (exact) mass is 485 g/mol. The topological polar surface area (TPSA) is 128 Å². The Hall–Kier alpha value is -3.25. The number of hydrogen-bond acceptors (Lipinski definition) is 8. The number of aromatic amines is 1. The zero-order chi connectivity index (χ0) is 24.2. The molecule has 4 heterocycles. The largest absolute Gasteiger partial charge is 0.441 e. The Morgan fingerprint density at radius 3 is 2.94 bits per heavy atom. The standard InChI is InChI=1S/C23H28FN7O4/c1-23(5-6-23)27-22(32)35-17-11-34-20(19(17)24)14-8-18(29-28-14)26-21-16-7-13(10-33-2)30-31(16)9-15(25-21)12-3-4-12/h7-9,12,17,19-20H,3-6,10-11H2,1-2H3,(H,27,32)(H2,25,26,28,29)/t17-,19+,20-/m1/s1. The molecule has 0 aromatic carbocycles. The van der Waals surface area contributed by atoms with Crippen LogP contribution in [0.5, 0.6) is 0 Å². The lowest BCUT2D eigenvalue weighted by Crippen LogP contribution is -2.39. The second-order valence-electron chi connectivity index (χ2n) is 9.85. The van der Waals surface area contributed by atoms with E-state index in [0.717, 1.165) is 42.6 Å². The van der Waals surface area contributed by atoms with Gasteiger partial charge in [0.25, 0.3) is 0 Å². The van der Waals surface area contributed by atoms with Crippen molar-refractivity contribution >= 4 is 23.2 Å². The normalized spacial score (nSPS) is 25.1. The molecule has 0 radical (unpaired) electrons. The van der Waals surface area contributed by atoms with E-state index in [1.807, 2.05) is 19.2 Å². The van der Waals surface area contributed by atoms with Crippen LogP contribution in [0.2, 0.25) is 0 Å². The van der Waals surface area contributed by atoms with E-state index in [9.17, 15) is 4.79 Å². The summed E-state index contributed by atoms with van der Waals surface area (Å²) in [6.45, 7) is 2.30. The first-order chi connectivity index (χ1) is 16.9. The lowest BCUT2D eigenvalue weighted by Gasteiger charge is -2.17. The molecule has 0 spiro atoms. The third-order valence-electron chi connectivity index (χ3n) is 6.71. The first-order valence-corrected chi connectivity index (χ1v) is 11.9. The maximum absolute atomic E-state index is 15.1. The Morgan fingerprint density at radius 1 is 1.37 bits per heavy atom. The molecule has 3 N–H and O–H groups in total.